The fraction of sp³-hybridized carbons (Fsp3) is 0. The zero-order chi connectivity index (χ0) is 16.5. The van der Waals surface area contributed by atoms with Crippen molar-refractivity contribution in [3.8, 4) is 0 Å². The topological polar surface area (TPSA) is 76.1 Å². The molecule has 0 aliphatic rings. The highest BCUT2D eigenvalue weighted by atomic mass is 79.9. The first-order valence-electron chi connectivity index (χ1n) is 5.54. The van der Waals surface area contributed by atoms with Crippen LogP contribution in [0.15, 0.2) is 44.3 Å². The van der Waals surface area contributed by atoms with E-state index in [1.165, 1.54) is 24.3 Å². The van der Waals surface area contributed by atoms with E-state index in [0.29, 0.717) is 14.0 Å². The largest absolute Gasteiger partial charge is 0.268 e. The van der Waals surface area contributed by atoms with Gasteiger partial charge < -0.3 is 0 Å². The maximum Gasteiger partial charge on any atom is 0.266 e. The van der Waals surface area contributed by atoms with E-state index in [1.807, 2.05) is 4.72 Å². The van der Waals surface area contributed by atoms with Crippen molar-refractivity contribution in [2.45, 2.75) is 4.90 Å². The van der Waals surface area contributed by atoms with Gasteiger partial charge >= 0.3 is 0 Å². The second-order valence-corrected chi connectivity index (χ2v) is 8.19. The van der Waals surface area contributed by atoms with Gasteiger partial charge in [0.15, 0.2) is 0 Å². The monoisotopic (exact) mass is 486 g/mol. The standard InChI is InChI=1S/C12H6Br2Cl2N2O3S/c13-9-3-6(15)1-2-8(9)12(19)18-22(20,21)7-4-10(14)11(16)17-5-7/h1-5H,(H,18,19). The molecule has 10 heteroatoms. The fourth-order valence-electron chi connectivity index (χ4n) is 1.46. The second-order valence-electron chi connectivity index (χ2n) is 4.00. The first-order valence-corrected chi connectivity index (χ1v) is 9.36. The van der Waals surface area contributed by atoms with E-state index < -0.39 is 15.9 Å². The highest BCUT2D eigenvalue weighted by Crippen LogP contribution is 2.24. The number of aromatic nitrogens is 1. The molecule has 1 aromatic carbocycles. The molecule has 0 bridgehead atoms. The van der Waals surface area contributed by atoms with Crippen molar-refractivity contribution >= 4 is 71.0 Å². The summed E-state index contributed by atoms with van der Waals surface area (Å²) < 4.78 is 27.0. The SMILES string of the molecule is O=C(NS(=O)(=O)c1cnc(Cl)c(Br)c1)c1ccc(Cl)cc1Br. The molecule has 0 unspecified atom stereocenters. The Morgan fingerprint density at radius 1 is 1.14 bits per heavy atom. The van der Waals surface area contributed by atoms with Crippen molar-refractivity contribution in [3.63, 3.8) is 0 Å². The summed E-state index contributed by atoms with van der Waals surface area (Å²) in [5.41, 5.74) is 0.133. The molecule has 1 heterocycles. The summed E-state index contributed by atoms with van der Waals surface area (Å²) in [5, 5.41) is 0.530. The molecule has 5 nitrogen and oxygen atoms in total. The average molecular weight is 489 g/mol. The van der Waals surface area contributed by atoms with Gasteiger partial charge in [-0.1, -0.05) is 23.2 Å². The summed E-state index contributed by atoms with van der Waals surface area (Å²) in [4.78, 5) is 15.6. The minimum absolute atomic E-state index is 0.116. The summed E-state index contributed by atoms with van der Waals surface area (Å²) in [6.45, 7) is 0. The molecule has 1 N–H and O–H groups in total. The Labute approximate surface area is 153 Å². The van der Waals surface area contributed by atoms with Crippen LogP contribution in [0.2, 0.25) is 10.2 Å². The van der Waals surface area contributed by atoms with E-state index in [9.17, 15) is 13.2 Å². The normalized spacial score (nSPS) is 11.3. The van der Waals surface area contributed by atoms with Crippen LogP contribution in [0.25, 0.3) is 0 Å². The molecule has 0 saturated heterocycles. The van der Waals surface area contributed by atoms with Crippen LogP contribution in [0.5, 0.6) is 0 Å². The highest BCUT2D eigenvalue weighted by Gasteiger charge is 2.21. The zero-order valence-corrected chi connectivity index (χ0v) is 16.0. The maximum absolute atomic E-state index is 12.2. The number of sulfonamides is 1. The molecule has 0 saturated carbocycles. The van der Waals surface area contributed by atoms with Crippen LogP contribution >= 0.6 is 55.1 Å². The third-order valence-corrected chi connectivity index (χ3v) is 5.81. The van der Waals surface area contributed by atoms with Gasteiger partial charge in [-0.05, 0) is 56.1 Å². The lowest BCUT2D eigenvalue weighted by atomic mass is 10.2. The van der Waals surface area contributed by atoms with Crippen LogP contribution in [0.4, 0.5) is 0 Å². The quantitative estimate of drug-likeness (QED) is 0.662. The van der Waals surface area contributed by atoms with Crippen molar-refractivity contribution in [2.75, 3.05) is 0 Å². The van der Waals surface area contributed by atoms with Crippen LogP contribution < -0.4 is 4.72 Å². The number of nitrogens with zero attached hydrogens (tertiary/aromatic N) is 1. The Morgan fingerprint density at radius 3 is 2.41 bits per heavy atom. The second kappa shape index (κ2) is 6.84. The predicted octanol–water partition coefficient (Wildman–Crippen LogP) is 4.03. The number of pyridine rings is 1. The van der Waals surface area contributed by atoms with Gasteiger partial charge in [-0.15, -0.1) is 0 Å². The van der Waals surface area contributed by atoms with Crippen LogP contribution in [-0.4, -0.2) is 19.3 Å². The number of rotatable bonds is 3. The minimum atomic E-state index is -4.08. The van der Waals surface area contributed by atoms with E-state index >= 15 is 0 Å². The van der Waals surface area contributed by atoms with Crippen molar-refractivity contribution < 1.29 is 13.2 Å². The molecule has 22 heavy (non-hydrogen) atoms. The van der Waals surface area contributed by atoms with Crippen LogP contribution in [0, 0.1) is 0 Å². The van der Waals surface area contributed by atoms with Crippen molar-refractivity contribution in [1.29, 1.82) is 0 Å². The molecular formula is C12H6Br2Cl2N2O3S. The molecule has 0 atom stereocenters. The van der Waals surface area contributed by atoms with Gasteiger partial charge in [0.2, 0.25) is 0 Å². The van der Waals surface area contributed by atoms with Crippen LogP contribution in [0.1, 0.15) is 10.4 Å². The first-order chi connectivity index (χ1) is 10.2. The highest BCUT2D eigenvalue weighted by molar-refractivity contribution is 9.10. The number of halogens is 4. The Hall–Kier alpha value is -0.670. The smallest absolute Gasteiger partial charge is 0.266 e. The van der Waals surface area contributed by atoms with Crippen LogP contribution in [-0.2, 0) is 10.0 Å². The Morgan fingerprint density at radius 2 is 1.82 bits per heavy atom. The Kier molecular flexibility index (Phi) is 5.50. The molecule has 1 aromatic heterocycles. The summed E-state index contributed by atoms with van der Waals surface area (Å²) in [5.74, 6) is -0.797. The van der Waals surface area contributed by atoms with Gasteiger partial charge in [0.25, 0.3) is 15.9 Å². The number of hydrogen-bond acceptors (Lipinski definition) is 4. The molecule has 0 aliphatic heterocycles. The molecule has 1 amide bonds. The summed E-state index contributed by atoms with van der Waals surface area (Å²) in [7, 11) is -4.08. The van der Waals surface area contributed by atoms with E-state index in [-0.39, 0.29) is 15.6 Å². The lowest BCUT2D eigenvalue weighted by molar-refractivity contribution is 0.0980. The number of amides is 1. The lowest BCUT2D eigenvalue weighted by Crippen LogP contribution is -2.30. The van der Waals surface area contributed by atoms with Gasteiger partial charge in [0, 0.05) is 15.7 Å². The molecule has 0 spiro atoms. The molecule has 2 rings (SSSR count). The molecular weight excluding hydrogens is 483 g/mol. The van der Waals surface area contributed by atoms with Crippen LogP contribution in [0.3, 0.4) is 0 Å². The average Bonchev–Trinajstić information content (AvgIpc) is 2.40. The summed E-state index contributed by atoms with van der Waals surface area (Å²) >= 11 is 17.7. The lowest BCUT2D eigenvalue weighted by Gasteiger charge is -2.09. The Bertz CT molecular complexity index is 859. The van der Waals surface area contributed by atoms with E-state index in [4.69, 9.17) is 23.2 Å². The summed E-state index contributed by atoms with van der Waals surface area (Å²) in [6.07, 6.45) is 1.06. The van der Waals surface area contributed by atoms with Crippen molar-refractivity contribution in [1.82, 2.24) is 9.71 Å². The molecule has 0 fully saturated rings. The first kappa shape index (κ1) is 17.7. The number of nitrogens with one attached hydrogen (secondary N) is 1. The van der Waals surface area contributed by atoms with Crippen molar-refractivity contribution in [2.24, 2.45) is 0 Å². The predicted molar refractivity (Wildman–Crippen MR) is 90.8 cm³/mol. The molecule has 2 aromatic rings. The van der Waals surface area contributed by atoms with E-state index in [0.717, 1.165) is 6.20 Å². The van der Waals surface area contributed by atoms with Gasteiger partial charge in [0.1, 0.15) is 10.0 Å². The number of benzene rings is 1. The van der Waals surface area contributed by atoms with E-state index in [2.05, 4.69) is 36.8 Å². The van der Waals surface area contributed by atoms with Gasteiger partial charge in [-0.25, -0.2) is 18.1 Å². The third kappa shape index (κ3) is 3.99. The molecule has 116 valence electrons. The van der Waals surface area contributed by atoms with Gasteiger partial charge in [-0.3, -0.25) is 4.79 Å². The maximum atomic E-state index is 12.2. The third-order valence-electron chi connectivity index (χ3n) is 2.48. The van der Waals surface area contributed by atoms with E-state index in [1.54, 1.807) is 0 Å². The zero-order valence-electron chi connectivity index (χ0n) is 10.5. The molecule has 0 aliphatic carbocycles. The molecule has 0 radical (unpaired) electrons. The minimum Gasteiger partial charge on any atom is -0.268 e. The van der Waals surface area contributed by atoms with Gasteiger partial charge in [0.05, 0.1) is 10.0 Å². The van der Waals surface area contributed by atoms with Gasteiger partial charge in [-0.2, -0.15) is 0 Å². The van der Waals surface area contributed by atoms with Crippen molar-refractivity contribution in [3.05, 3.63) is 55.1 Å². The number of carbonyl (C=O) groups is 1. The summed E-state index contributed by atoms with van der Waals surface area (Å²) in [6, 6.07) is 5.63. The fourth-order valence-corrected chi connectivity index (χ4v) is 3.86. The number of hydrogen-bond donors (Lipinski definition) is 1. The Balaban J connectivity index is 2.31. The number of carbonyl (C=O) groups excluding carboxylic acids is 1.